The number of halogens is 1. The summed E-state index contributed by atoms with van der Waals surface area (Å²) in [6.07, 6.45) is 8.74. The van der Waals surface area contributed by atoms with Gasteiger partial charge in [0.2, 0.25) is 0 Å². The summed E-state index contributed by atoms with van der Waals surface area (Å²) in [6, 6.07) is 4.80. The molecule has 0 bridgehead atoms. The zero-order valence-electron chi connectivity index (χ0n) is 16.9. The molecule has 0 radical (unpaired) electrons. The highest BCUT2D eigenvalue weighted by molar-refractivity contribution is 14.0. The van der Waals surface area contributed by atoms with Crippen molar-refractivity contribution in [3.63, 3.8) is 0 Å². The van der Waals surface area contributed by atoms with Gasteiger partial charge in [0.05, 0.1) is 18.8 Å². The van der Waals surface area contributed by atoms with Gasteiger partial charge < -0.3 is 10.6 Å². The van der Waals surface area contributed by atoms with Crippen molar-refractivity contribution in [2.45, 2.75) is 38.6 Å². The predicted molar refractivity (Wildman–Crippen MR) is 129 cm³/mol. The number of nitrogens with zero attached hydrogens (tertiary/aromatic N) is 4. The van der Waals surface area contributed by atoms with E-state index in [9.17, 15) is 0 Å². The molecular formula is C20H33IN6S. The predicted octanol–water partition coefficient (Wildman–Crippen LogP) is 3.42. The van der Waals surface area contributed by atoms with Crippen molar-refractivity contribution in [2.75, 3.05) is 32.7 Å². The molecule has 0 spiro atoms. The lowest BCUT2D eigenvalue weighted by molar-refractivity contribution is 0.255. The van der Waals surface area contributed by atoms with Crippen molar-refractivity contribution in [3.05, 3.63) is 40.3 Å². The molecule has 1 fully saturated rings. The number of aromatic nitrogens is 2. The van der Waals surface area contributed by atoms with Crippen LogP contribution >= 0.6 is 35.3 Å². The fourth-order valence-electron chi connectivity index (χ4n) is 3.54. The van der Waals surface area contributed by atoms with Crippen LogP contribution in [-0.4, -0.2) is 53.4 Å². The third-order valence-electron chi connectivity index (χ3n) is 4.91. The van der Waals surface area contributed by atoms with Gasteiger partial charge in [-0.3, -0.25) is 14.6 Å². The molecule has 2 aromatic rings. The largest absolute Gasteiger partial charge is 0.357 e. The van der Waals surface area contributed by atoms with Gasteiger partial charge in [-0.1, -0.05) is 6.07 Å². The Balaban J connectivity index is 0.00000280. The van der Waals surface area contributed by atoms with Crippen LogP contribution in [-0.2, 0) is 13.5 Å². The lowest BCUT2D eigenvalue weighted by Crippen LogP contribution is -2.39. The van der Waals surface area contributed by atoms with Crippen LogP contribution in [0.25, 0.3) is 0 Å². The van der Waals surface area contributed by atoms with Crippen LogP contribution in [0.2, 0.25) is 0 Å². The minimum Gasteiger partial charge on any atom is -0.357 e. The van der Waals surface area contributed by atoms with Crippen LogP contribution in [0.4, 0.5) is 0 Å². The molecule has 2 aromatic heterocycles. The Morgan fingerprint density at radius 1 is 1.32 bits per heavy atom. The zero-order chi connectivity index (χ0) is 18.9. The molecule has 3 heterocycles. The van der Waals surface area contributed by atoms with Crippen molar-refractivity contribution >= 4 is 41.3 Å². The van der Waals surface area contributed by atoms with Crippen molar-refractivity contribution in [2.24, 2.45) is 12.0 Å². The number of hydrogen-bond acceptors (Lipinski definition) is 4. The van der Waals surface area contributed by atoms with Crippen LogP contribution in [0, 0.1) is 0 Å². The number of thiophene rings is 1. The zero-order valence-corrected chi connectivity index (χ0v) is 20.1. The Labute approximate surface area is 189 Å². The number of likely N-dealkylation sites (tertiary alicyclic amines) is 1. The molecule has 1 unspecified atom stereocenters. The van der Waals surface area contributed by atoms with Crippen molar-refractivity contribution in [3.8, 4) is 0 Å². The highest BCUT2D eigenvalue weighted by atomic mass is 127. The average Bonchev–Trinajstić information content (AvgIpc) is 3.42. The van der Waals surface area contributed by atoms with E-state index in [4.69, 9.17) is 4.99 Å². The lowest BCUT2D eigenvalue weighted by atomic mass is 10.2. The third-order valence-corrected chi connectivity index (χ3v) is 5.89. The summed E-state index contributed by atoms with van der Waals surface area (Å²) < 4.78 is 1.86. The molecule has 1 aliphatic rings. The van der Waals surface area contributed by atoms with Crippen LogP contribution < -0.4 is 10.6 Å². The molecule has 0 aliphatic carbocycles. The van der Waals surface area contributed by atoms with Crippen LogP contribution in [0.15, 0.2) is 34.9 Å². The molecule has 2 N–H and O–H groups in total. The Morgan fingerprint density at radius 3 is 2.79 bits per heavy atom. The molecule has 1 saturated heterocycles. The third kappa shape index (κ3) is 7.04. The van der Waals surface area contributed by atoms with E-state index in [1.54, 1.807) is 0 Å². The van der Waals surface area contributed by atoms with Gasteiger partial charge in [0.1, 0.15) is 0 Å². The number of hydrogen-bond donors (Lipinski definition) is 2. The van der Waals surface area contributed by atoms with Gasteiger partial charge in [-0.15, -0.1) is 35.3 Å². The van der Waals surface area contributed by atoms with Gasteiger partial charge in [-0.2, -0.15) is 5.10 Å². The monoisotopic (exact) mass is 516 g/mol. The molecule has 1 aliphatic heterocycles. The molecule has 6 nitrogen and oxygen atoms in total. The highest BCUT2D eigenvalue weighted by Crippen LogP contribution is 2.28. The second kappa shape index (κ2) is 12.4. The molecule has 8 heteroatoms. The van der Waals surface area contributed by atoms with Gasteiger partial charge in [-0.05, 0) is 62.7 Å². The molecular weight excluding hydrogens is 483 g/mol. The number of guanidine groups is 1. The first-order valence-corrected chi connectivity index (χ1v) is 10.9. The summed E-state index contributed by atoms with van der Waals surface area (Å²) in [6.45, 7) is 7.08. The maximum absolute atomic E-state index is 4.91. The van der Waals surface area contributed by atoms with E-state index < -0.39 is 0 Å². The number of aliphatic imine (C=N–C) groups is 1. The highest BCUT2D eigenvalue weighted by Gasteiger charge is 2.24. The normalized spacial score (nSPS) is 16.0. The summed E-state index contributed by atoms with van der Waals surface area (Å²) in [4.78, 5) is 8.91. The van der Waals surface area contributed by atoms with Gasteiger partial charge in [0.15, 0.2) is 5.96 Å². The first kappa shape index (κ1) is 23.2. The molecule has 0 aromatic carbocycles. The molecule has 3 rings (SSSR count). The first-order valence-electron chi connectivity index (χ1n) is 10.0. The van der Waals surface area contributed by atoms with E-state index in [-0.39, 0.29) is 24.0 Å². The van der Waals surface area contributed by atoms with E-state index in [2.05, 4.69) is 51.3 Å². The van der Waals surface area contributed by atoms with Gasteiger partial charge in [0, 0.05) is 31.2 Å². The number of aryl methyl sites for hydroxylation is 2. The number of nitrogens with one attached hydrogen (secondary N) is 2. The van der Waals surface area contributed by atoms with Crippen LogP contribution in [0.5, 0.6) is 0 Å². The van der Waals surface area contributed by atoms with Gasteiger partial charge >= 0.3 is 0 Å². The van der Waals surface area contributed by atoms with E-state index in [1.165, 1.54) is 36.4 Å². The van der Waals surface area contributed by atoms with Gasteiger partial charge in [0.25, 0.3) is 0 Å². The molecule has 156 valence electrons. The minimum atomic E-state index is 0. The van der Waals surface area contributed by atoms with Gasteiger partial charge in [-0.25, -0.2) is 0 Å². The summed E-state index contributed by atoms with van der Waals surface area (Å²) in [7, 11) is 1.96. The summed E-state index contributed by atoms with van der Waals surface area (Å²) >= 11 is 1.84. The van der Waals surface area contributed by atoms with E-state index >= 15 is 0 Å². The Hall–Kier alpha value is -1.13. The lowest BCUT2D eigenvalue weighted by Gasteiger charge is -2.25. The summed E-state index contributed by atoms with van der Waals surface area (Å²) in [5.41, 5.74) is 1.29. The summed E-state index contributed by atoms with van der Waals surface area (Å²) in [5, 5.41) is 13.3. The SMILES string of the molecule is CCNC(=NCC(c1cccs1)N1CCCC1)NCCCc1cnn(C)c1.I. The maximum atomic E-state index is 4.91. The van der Waals surface area contributed by atoms with Crippen molar-refractivity contribution in [1.29, 1.82) is 0 Å². The smallest absolute Gasteiger partial charge is 0.191 e. The van der Waals surface area contributed by atoms with Crippen molar-refractivity contribution in [1.82, 2.24) is 25.3 Å². The quantitative estimate of drug-likeness (QED) is 0.232. The van der Waals surface area contributed by atoms with Crippen LogP contribution in [0.3, 0.4) is 0 Å². The fourth-order valence-corrected chi connectivity index (χ4v) is 4.39. The Bertz CT molecular complexity index is 693. The second-order valence-corrected chi connectivity index (χ2v) is 8.03. The minimum absolute atomic E-state index is 0. The van der Waals surface area contributed by atoms with Crippen LogP contribution in [0.1, 0.15) is 42.7 Å². The molecule has 1 atom stereocenters. The molecule has 28 heavy (non-hydrogen) atoms. The molecule has 0 saturated carbocycles. The number of rotatable bonds is 9. The maximum Gasteiger partial charge on any atom is 0.191 e. The topological polar surface area (TPSA) is 57.5 Å². The van der Waals surface area contributed by atoms with E-state index in [0.717, 1.165) is 38.4 Å². The fraction of sp³-hybridized carbons (Fsp3) is 0.600. The Morgan fingerprint density at radius 2 is 2.14 bits per heavy atom. The van der Waals surface area contributed by atoms with Crippen molar-refractivity contribution < 1.29 is 0 Å². The standard InChI is InChI=1S/C20H32N6S.HI/c1-3-21-20(22-10-6-8-17-14-24-25(2)16-17)23-15-18(19-9-7-13-27-19)26-11-4-5-12-26;/h7,9,13-14,16,18H,3-6,8,10-12,15H2,1-2H3,(H2,21,22,23);1H. The second-order valence-electron chi connectivity index (χ2n) is 7.05. The molecule has 0 amide bonds. The summed E-state index contributed by atoms with van der Waals surface area (Å²) in [5.74, 6) is 0.921. The van der Waals surface area contributed by atoms with E-state index in [0.29, 0.717) is 6.04 Å². The first-order chi connectivity index (χ1) is 13.3. The van der Waals surface area contributed by atoms with E-state index in [1.807, 2.05) is 29.3 Å². The Kier molecular flexibility index (Phi) is 10.3. The average molecular weight is 516 g/mol.